The number of nitrogens with one attached hydrogen (secondary N) is 1. The quantitative estimate of drug-likeness (QED) is 0.856. The fourth-order valence-electron chi connectivity index (χ4n) is 2.44. The van der Waals surface area contributed by atoms with Crippen molar-refractivity contribution in [1.82, 2.24) is 14.8 Å². The number of sulfonamides is 1. The van der Waals surface area contributed by atoms with Crippen molar-refractivity contribution in [1.29, 1.82) is 0 Å². The fraction of sp³-hybridized carbons (Fsp3) is 0.583. The molecule has 20 heavy (non-hydrogen) atoms. The molecule has 0 spiro atoms. The van der Waals surface area contributed by atoms with E-state index in [2.05, 4.69) is 25.7 Å². The van der Waals surface area contributed by atoms with Gasteiger partial charge in [-0.25, -0.2) is 18.4 Å². The molecule has 1 saturated heterocycles. The molecule has 1 aromatic rings. The third kappa shape index (κ3) is 3.30. The highest BCUT2D eigenvalue weighted by Gasteiger charge is 2.30. The van der Waals surface area contributed by atoms with E-state index in [0.717, 1.165) is 19.3 Å². The van der Waals surface area contributed by atoms with Crippen LogP contribution in [0.5, 0.6) is 0 Å². The first-order valence-electron chi connectivity index (χ1n) is 6.53. The number of piperidine rings is 1. The van der Waals surface area contributed by atoms with Crippen LogP contribution in [0.25, 0.3) is 0 Å². The second-order valence-corrected chi connectivity index (χ2v) is 7.71. The second kappa shape index (κ2) is 5.97. The Bertz CT molecular complexity index is 583. The van der Waals surface area contributed by atoms with Gasteiger partial charge in [0, 0.05) is 22.8 Å². The summed E-state index contributed by atoms with van der Waals surface area (Å²) < 4.78 is 25.5. The Kier molecular flexibility index (Phi) is 4.68. The molecule has 2 heterocycles. The number of hydrogen-bond acceptors (Lipinski definition) is 5. The van der Waals surface area contributed by atoms with Crippen molar-refractivity contribution in [2.75, 3.05) is 5.73 Å². The van der Waals surface area contributed by atoms with Crippen molar-refractivity contribution in [2.45, 2.75) is 50.1 Å². The van der Waals surface area contributed by atoms with Crippen molar-refractivity contribution in [3.63, 3.8) is 0 Å². The van der Waals surface area contributed by atoms with Crippen LogP contribution in [-0.2, 0) is 10.0 Å². The summed E-state index contributed by atoms with van der Waals surface area (Å²) in [4.78, 5) is 6.51. The summed E-state index contributed by atoms with van der Waals surface area (Å²) in [6, 6.07) is 1.79. The van der Waals surface area contributed by atoms with E-state index in [1.807, 2.05) is 13.8 Å². The average Bonchev–Trinajstić information content (AvgIpc) is 2.37. The Labute approximate surface area is 127 Å². The summed E-state index contributed by atoms with van der Waals surface area (Å²) in [5.74, 6) is -0.00184. The maximum absolute atomic E-state index is 12.5. The van der Waals surface area contributed by atoms with Crippen LogP contribution >= 0.6 is 15.9 Å². The van der Waals surface area contributed by atoms with Crippen LogP contribution in [0.15, 0.2) is 21.6 Å². The molecule has 3 N–H and O–H groups in total. The number of nitrogens with two attached hydrogens (primary N) is 1. The third-order valence-electron chi connectivity index (χ3n) is 3.56. The third-order valence-corrected chi connectivity index (χ3v) is 5.35. The molecule has 2 unspecified atom stereocenters. The minimum atomic E-state index is -3.72. The average molecular weight is 363 g/mol. The van der Waals surface area contributed by atoms with Gasteiger partial charge < -0.3 is 5.73 Å². The number of rotatable bonds is 3. The topological polar surface area (TPSA) is 88.3 Å². The number of pyridine rings is 1. The van der Waals surface area contributed by atoms with Gasteiger partial charge in [-0.2, -0.15) is 0 Å². The van der Waals surface area contributed by atoms with Crippen LogP contribution in [0.3, 0.4) is 0 Å². The van der Waals surface area contributed by atoms with E-state index in [1.165, 1.54) is 12.3 Å². The van der Waals surface area contributed by atoms with Crippen LogP contribution in [-0.4, -0.2) is 30.5 Å². The molecular formula is C12H19BrN4O2S. The molecule has 0 saturated carbocycles. The zero-order chi connectivity index (χ0) is 14.9. The van der Waals surface area contributed by atoms with Crippen molar-refractivity contribution < 1.29 is 8.42 Å². The van der Waals surface area contributed by atoms with Gasteiger partial charge >= 0.3 is 0 Å². The first kappa shape index (κ1) is 15.7. The number of hydrogen-bond donors (Lipinski definition) is 2. The Morgan fingerprint density at radius 1 is 1.40 bits per heavy atom. The lowest BCUT2D eigenvalue weighted by molar-refractivity contribution is 0.0790. The van der Waals surface area contributed by atoms with Gasteiger partial charge in [-0.1, -0.05) is 6.42 Å². The molecule has 0 aliphatic carbocycles. The Morgan fingerprint density at radius 2 is 2.00 bits per heavy atom. The lowest BCUT2D eigenvalue weighted by Gasteiger charge is -2.38. The molecule has 0 radical (unpaired) electrons. The second-order valence-electron chi connectivity index (χ2n) is 5.17. The molecule has 112 valence electrons. The molecule has 6 nitrogen and oxygen atoms in total. The largest absolute Gasteiger partial charge is 0.383 e. The number of aromatic nitrogens is 1. The van der Waals surface area contributed by atoms with Gasteiger partial charge in [-0.15, -0.1) is 4.83 Å². The van der Waals surface area contributed by atoms with Gasteiger partial charge in [0.1, 0.15) is 10.7 Å². The number of halogens is 1. The number of nitrogen functional groups attached to an aromatic ring is 1. The molecule has 1 aliphatic rings. The molecule has 0 aromatic carbocycles. The van der Waals surface area contributed by atoms with Crippen LogP contribution in [0.2, 0.25) is 0 Å². The molecule has 8 heteroatoms. The van der Waals surface area contributed by atoms with E-state index in [-0.39, 0.29) is 22.8 Å². The minimum absolute atomic E-state index is 0.00184. The van der Waals surface area contributed by atoms with E-state index in [0.29, 0.717) is 4.47 Å². The lowest BCUT2D eigenvalue weighted by Crippen LogP contribution is -2.54. The molecule has 1 fully saturated rings. The predicted octanol–water partition coefficient (Wildman–Crippen LogP) is 1.88. The Hall–Kier alpha value is -0.700. The normalized spacial score (nSPS) is 24.8. The molecule has 0 bridgehead atoms. The first-order valence-corrected chi connectivity index (χ1v) is 8.80. The van der Waals surface area contributed by atoms with Gasteiger partial charge in [-0.3, -0.25) is 0 Å². The van der Waals surface area contributed by atoms with Gasteiger partial charge in [0.25, 0.3) is 10.0 Å². The highest BCUT2D eigenvalue weighted by Crippen LogP contribution is 2.24. The van der Waals surface area contributed by atoms with Crippen molar-refractivity contribution in [3.8, 4) is 0 Å². The van der Waals surface area contributed by atoms with E-state index in [9.17, 15) is 8.42 Å². The minimum Gasteiger partial charge on any atom is -0.383 e. The standard InChI is InChI=1S/C12H19BrN4O2S/c1-8-4-3-5-9(2)17(8)16-20(18,19)11-6-10(13)7-15-12(11)14/h6-9,16H,3-5H2,1-2H3,(H2,14,15). The molecule has 0 amide bonds. The lowest BCUT2D eigenvalue weighted by atomic mass is 10.0. The first-order chi connectivity index (χ1) is 9.31. The number of hydrazine groups is 1. The summed E-state index contributed by atoms with van der Waals surface area (Å²) in [5, 5.41) is 1.79. The van der Waals surface area contributed by atoms with Gasteiger partial charge in [0.05, 0.1) is 0 Å². The molecular weight excluding hydrogens is 344 g/mol. The molecule has 1 aliphatic heterocycles. The number of anilines is 1. The van der Waals surface area contributed by atoms with Crippen molar-refractivity contribution >= 4 is 31.8 Å². The summed E-state index contributed by atoms with van der Waals surface area (Å²) in [6.45, 7) is 4.03. The maximum atomic E-state index is 12.5. The molecule has 1 aromatic heterocycles. The summed E-state index contributed by atoms with van der Waals surface area (Å²) in [7, 11) is -3.72. The Morgan fingerprint density at radius 3 is 2.60 bits per heavy atom. The maximum Gasteiger partial charge on any atom is 0.257 e. The van der Waals surface area contributed by atoms with Crippen LogP contribution in [0, 0.1) is 0 Å². The van der Waals surface area contributed by atoms with Crippen LogP contribution in [0.4, 0.5) is 5.82 Å². The van der Waals surface area contributed by atoms with Crippen molar-refractivity contribution in [3.05, 3.63) is 16.7 Å². The van der Waals surface area contributed by atoms with Gasteiger partial charge in [0.15, 0.2) is 0 Å². The highest BCUT2D eigenvalue weighted by molar-refractivity contribution is 9.10. The van der Waals surface area contributed by atoms with Crippen LogP contribution < -0.4 is 10.6 Å². The zero-order valence-corrected chi connectivity index (χ0v) is 13.9. The molecule has 2 rings (SSSR count). The van der Waals surface area contributed by atoms with Crippen LogP contribution in [0.1, 0.15) is 33.1 Å². The van der Waals surface area contributed by atoms with Crippen molar-refractivity contribution in [2.24, 2.45) is 0 Å². The highest BCUT2D eigenvalue weighted by atomic mass is 79.9. The van der Waals surface area contributed by atoms with E-state index in [1.54, 1.807) is 5.01 Å². The zero-order valence-electron chi connectivity index (χ0n) is 11.5. The van der Waals surface area contributed by atoms with E-state index in [4.69, 9.17) is 5.73 Å². The summed E-state index contributed by atoms with van der Waals surface area (Å²) in [5.41, 5.74) is 5.68. The monoisotopic (exact) mass is 362 g/mol. The van der Waals surface area contributed by atoms with Gasteiger partial charge in [0.2, 0.25) is 0 Å². The van der Waals surface area contributed by atoms with E-state index < -0.39 is 10.0 Å². The SMILES string of the molecule is CC1CCCC(C)N1NS(=O)(=O)c1cc(Br)cnc1N. The Balaban J connectivity index is 2.28. The summed E-state index contributed by atoms with van der Waals surface area (Å²) in [6.07, 6.45) is 4.53. The van der Waals surface area contributed by atoms with E-state index >= 15 is 0 Å². The predicted molar refractivity (Wildman–Crippen MR) is 81.3 cm³/mol. The number of nitrogens with zero attached hydrogens (tertiary/aromatic N) is 2. The summed E-state index contributed by atoms with van der Waals surface area (Å²) >= 11 is 3.21. The fourth-order valence-corrected chi connectivity index (χ4v) is 4.26. The smallest absolute Gasteiger partial charge is 0.257 e. The van der Waals surface area contributed by atoms with Gasteiger partial charge in [-0.05, 0) is 48.7 Å². The molecule has 2 atom stereocenters.